The van der Waals surface area contributed by atoms with Crippen molar-refractivity contribution in [3.05, 3.63) is 0 Å². The van der Waals surface area contributed by atoms with Crippen LogP contribution in [0.5, 0.6) is 0 Å². The molecule has 45 valence electrons. The number of phosphoric acid groups is 1. The maximum atomic E-state index is 9.47. The summed E-state index contributed by atoms with van der Waals surface area (Å²) in [6, 6.07) is 0. The van der Waals surface area contributed by atoms with Crippen LogP contribution in [0.3, 0.4) is 0 Å². The van der Waals surface area contributed by atoms with Gasteiger partial charge in [0.25, 0.3) is 0 Å². The van der Waals surface area contributed by atoms with E-state index in [1.54, 1.807) is 0 Å². The summed E-state index contributed by atoms with van der Waals surface area (Å²) in [6.45, 7) is 0. The number of phosphoric ester groups is 1. The third-order valence-electron chi connectivity index (χ3n) is 0.238. The van der Waals surface area contributed by atoms with E-state index < -0.39 is 7.82 Å². The molecular formula is CH6LiO4PV. The van der Waals surface area contributed by atoms with E-state index in [-0.39, 0.29) is 37.4 Å². The van der Waals surface area contributed by atoms with Gasteiger partial charge in [-0.3, -0.25) is 4.52 Å². The Labute approximate surface area is 71.3 Å². The molecule has 1 radical (unpaired) electrons. The molecule has 4 nitrogen and oxygen atoms in total. The van der Waals surface area contributed by atoms with Crippen molar-refractivity contribution in [3.63, 3.8) is 0 Å². The molecule has 0 saturated carbocycles. The van der Waals surface area contributed by atoms with Crippen LogP contribution in [0.4, 0.5) is 0 Å². The van der Waals surface area contributed by atoms with Crippen molar-refractivity contribution >= 4 is 26.7 Å². The zero-order valence-corrected chi connectivity index (χ0v) is 5.90. The van der Waals surface area contributed by atoms with Crippen molar-refractivity contribution in [1.29, 1.82) is 0 Å². The predicted molar refractivity (Wildman–Crippen MR) is 26.2 cm³/mol. The minimum atomic E-state index is -4.15. The van der Waals surface area contributed by atoms with E-state index in [2.05, 4.69) is 4.52 Å². The first kappa shape index (κ1) is 16.1. The Bertz CT molecular complexity index is 80.1. The largest absolute Gasteiger partial charge is 0 e. The van der Waals surface area contributed by atoms with Crippen molar-refractivity contribution in [2.75, 3.05) is 7.11 Å². The maximum absolute atomic E-state index is 9.47. The van der Waals surface area contributed by atoms with Crippen LogP contribution in [-0.4, -0.2) is 35.8 Å². The SMILES string of the molecule is COP(=O)(O)O.[LiH].[V]. The van der Waals surface area contributed by atoms with E-state index in [0.717, 1.165) is 7.11 Å². The second-order valence-electron chi connectivity index (χ2n) is 0.673. The second kappa shape index (κ2) is 6.41. The smallest absolute Gasteiger partial charge is 0 e. The van der Waals surface area contributed by atoms with Crippen LogP contribution < -0.4 is 0 Å². The summed E-state index contributed by atoms with van der Waals surface area (Å²) in [5.74, 6) is 0. The van der Waals surface area contributed by atoms with Gasteiger partial charge in [-0.05, 0) is 0 Å². The quantitative estimate of drug-likeness (QED) is 0.395. The average molecular weight is 171 g/mol. The average Bonchev–Trinajstić information content (AvgIpc) is 1.35. The summed E-state index contributed by atoms with van der Waals surface area (Å²) in [7, 11) is -3.20. The monoisotopic (exact) mass is 171 g/mol. The molecule has 0 aliphatic heterocycles. The van der Waals surface area contributed by atoms with Crippen molar-refractivity contribution < 1.29 is 37.4 Å². The summed E-state index contributed by atoms with van der Waals surface area (Å²) in [6.07, 6.45) is 0. The van der Waals surface area contributed by atoms with Gasteiger partial charge in [0.15, 0.2) is 0 Å². The molecule has 0 amide bonds. The van der Waals surface area contributed by atoms with Gasteiger partial charge >= 0.3 is 26.7 Å². The number of hydrogen-bond donors (Lipinski definition) is 2. The third kappa shape index (κ3) is 15.7. The van der Waals surface area contributed by atoms with E-state index in [1.165, 1.54) is 0 Å². The molecule has 7 heteroatoms. The van der Waals surface area contributed by atoms with Crippen molar-refractivity contribution in [2.24, 2.45) is 0 Å². The van der Waals surface area contributed by atoms with Crippen molar-refractivity contribution in [3.8, 4) is 0 Å². The Morgan fingerprint density at radius 1 is 1.50 bits per heavy atom. The number of hydrogen-bond acceptors (Lipinski definition) is 2. The van der Waals surface area contributed by atoms with Crippen molar-refractivity contribution in [2.45, 2.75) is 0 Å². The van der Waals surface area contributed by atoms with Crippen LogP contribution in [0.25, 0.3) is 0 Å². The molecule has 0 aliphatic carbocycles. The van der Waals surface area contributed by atoms with Crippen LogP contribution in [0.15, 0.2) is 0 Å². The molecule has 0 spiro atoms. The van der Waals surface area contributed by atoms with Gasteiger partial charge in [0.2, 0.25) is 0 Å². The first-order valence-electron chi connectivity index (χ1n) is 1.17. The second-order valence-corrected chi connectivity index (χ2v) is 2.02. The Kier molecular flexibility index (Phi) is 12.9. The minimum absolute atomic E-state index is 0. The summed E-state index contributed by atoms with van der Waals surface area (Å²) in [5.41, 5.74) is 0. The predicted octanol–water partition coefficient (Wildman–Crippen LogP) is -0.926. The standard InChI is InChI=1S/CH5O4P.Li.V.H/c1-5-6(2,3)4;;;/h1H3,(H2,2,3,4);;;. The van der Waals surface area contributed by atoms with Gasteiger partial charge in [0.05, 0.1) is 0 Å². The Hall–Kier alpha value is 1.29. The van der Waals surface area contributed by atoms with Crippen LogP contribution in [0, 0.1) is 0 Å². The summed E-state index contributed by atoms with van der Waals surface area (Å²) < 4.78 is 13.1. The molecule has 0 aromatic carbocycles. The summed E-state index contributed by atoms with van der Waals surface area (Å²) in [4.78, 5) is 15.4. The van der Waals surface area contributed by atoms with Gasteiger partial charge in [-0.15, -0.1) is 0 Å². The topological polar surface area (TPSA) is 66.8 Å². The van der Waals surface area contributed by atoms with Crippen LogP contribution in [-0.2, 0) is 27.6 Å². The molecular weight excluding hydrogens is 165 g/mol. The molecule has 0 bridgehead atoms. The van der Waals surface area contributed by atoms with Gasteiger partial charge in [0.1, 0.15) is 0 Å². The van der Waals surface area contributed by atoms with E-state index in [9.17, 15) is 4.57 Å². The third-order valence-corrected chi connectivity index (χ3v) is 0.714. The van der Waals surface area contributed by atoms with E-state index in [1.807, 2.05) is 0 Å². The molecule has 0 rings (SSSR count). The molecule has 0 atom stereocenters. The fourth-order valence-electron chi connectivity index (χ4n) is 0. The van der Waals surface area contributed by atoms with Gasteiger partial charge < -0.3 is 9.79 Å². The first-order chi connectivity index (χ1) is 2.56. The van der Waals surface area contributed by atoms with Gasteiger partial charge in [0, 0.05) is 25.7 Å². The molecule has 0 unspecified atom stereocenters. The maximum Gasteiger partial charge on any atom is 0 e. The Balaban J connectivity index is -0.000000125. The molecule has 8 heavy (non-hydrogen) atoms. The number of rotatable bonds is 1. The summed E-state index contributed by atoms with van der Waals surface area (Å²) in [5, 5.41) is 0. The molecule has 0 aromatic rings. The summed E-state index contributed by atoms with van der Waals surface area (Å²) >= 11 is 0. The van der Waals surface area contributed by atoms with Gasteiger partial charge in [-0.2, -0.15) is 0 Å². The van der Waals surface area contributed by atoms with Crippen LogP contribution >= 0.6 is 7.82 Å². The Morgan fingerprint density at radius 3 is 1.62 bits per heavy atom. The van der Waals surface area contributed by atoms with Crippen molar-refractivity contribution in [1.82, 2.24) is 0 Å². The molecule has 0 aliphatic rings. The van der Waals surface area contributed by atoms with E-state index >= 15 is 0 Å². The molecule has 0 heterocycles. The molecule has 0 saturated heterocycles. The molecule has 2 N–H and O–H groups in total. The van der Waals surface area contributed by atoms with Gasteiger partial charge in [-0.25, -0.2) is 4.57 Å². The van der Waals surface area contributed by atoms with E-state index in [4.69, 9.17) is 9.79 Å². The minimum Gasteiger partial charge on any atom is 0 e. The van der Waals surface area contributed by atoms with Gasteiger partial charge in [-0.1, -0.05) is 0 Å². The molecule has 0 fully saturated rings. The fourth-order valence-corrected chi connectivity index (χ4v) is 0. The zero-order chi connectivity index (χ0) is 5.21. The molecule has 0 aromatic heterocycles. The normalized spacial score (nSPS) is 8.88. The zero-order valence-electron chi connectivity index (χ0n) is 3.61. The van der Waals surface area contributed by atoms with E-state index in [0.29, 0.717) is 0 Å². The Morgan fingerprint density at radius 2 is 1.62 bits per heavy atom. The fraction of sp³-hybridized carbons (Fsp3) is 1.00. The first-order valence-corrected chi connectivity index (χ1v) is 2.70. The van der Waals surface area contributed by atoms with Crippen LogP contribution in [0.1, 0.15) is 0 Å². The van der Waals surface area contributed by atoms with Crippen LogP contribution in [0.2, 0.25) is 0 Å².